The smallest absolute Gasteiger partial charge is 0.272 e. The van der Waals surface area contributed by atoms with E-state index >= 15 is 0 Å². The SMILES string of the molecule is CCn1c(C(=O)Nc2ccccc2COc2ccc(OC3CCN(C)CC3)cc2)cc2sccc21.[HH]. The largest absolute Gasteiger partial charge is 0.490 e. The molecule has 35 heavy (non-hydrogen) atoms. The predicted octanol–water partition coefficient (Wildman–Crippen LogP) is 6.27. The fourth-order valence-electron chi connectivity index (χ4n) is 4.53. The van der Waals surface area contributed by atoms with E-state index in [2.05, 4.69) is 40.2 Å². The first-order valence-corrected chi connectivity index (χ1v) is 13.0. The maximum Gasteiger partial charge on any atom is 0.272 e. The van der Waals surface area contributed by atoms with Crippen LogP contribution in [-0.4, -0.2) is 41.6 Å². The minimum absolute atomic E-state index is 0. The Morgan fingerprint density at radius 2 is 1.83 bits per heavy atom. The van der Waals surface area contributed by atoms with E-state index in [-0.39, 0.29) is 13.4 Å². The maximum atomic E-state index is 13.1. The van der Waals surface area contributed by atoms with Crippen LogP contribution in [0.3, 0.4) is 0 Å². The first kappa shape index (κ1) is 23.5. The number of benzene rings is 2. The van der Waals surface area contributed by atoms with Gasteiger partial charge in [-0.25, -0.2) is 0 Å². The predicted molar refractivity (Wildman–Crippen MR) is 144 cm³/mol. The number of hydrogen-bond acceptors (Lipinski definition) is 5. The quantitative estimate of drug-likeness (QED) is 0.315. The van der Waals surface area contributed by atoms with E-state index in [1.807, 2.05) is 54.6 Å². The number of thiophene rings is 1. The molecule has 1 fully saturated rings. The number of piperidine rings is 1. The van der Waals surface area contributed by atoms with Gasteiger partial charge in [0.25, 0.3) is 5.91 Å². The fourth-order valence-corrected chi connectivity index (χ4v) is 5.35. The van der Waals surface area contributed by atoms with E-state index in [1.54, 1.807) is 11.3 Å². The third-order valence-corrected chi connectivity index (χ3v) is 7.38. The lowest BCUT2D eigenvalue weighted by atomic mass is 10.1. The summed E-state index contributed by atoms with van der Waals surface area (Å²) in [5.41, 5.74) is 3.45. The van der Waals surface area contributed by atoms with E-state index in [1.165, 1.54) is 0 Å². The highest BCUT2D eigenvalue weighted by Gasteiger charge is 2.18. The maximum absolute atomic E-state index is 13.1. The Labute approximate surface area is 211 Å². The molecular weight excluding hydrogens is 458 g/mol. The van der Waals surface area contributed by atoms with Gasteiger partial charge in [0.1, 0.15) is 29.9 Å². The lowest BCUT2D eigenvalue weighted by Gasteiger charge is -2.29. The molecule has 1 amide bonds. The number of rotatable bonds is 8. The minimum Gasteiger partial charge on any atom is -0.490 e. The molecule has 0 atom stereocenters. The summed E-state index contributed by atoms with van der Waals surface area (Å²) < 4.78 is 15.3. The summed E-state index contributed by atoms with van der Waals surface area (Å²) >= 11 is 1.65. The van der Waals surface area contributed by atoms with Gasteiger partial charge in [0.2, 0.25) is 0 Å². The van der Waals surface area contributed by atoms with Crippen molar-refractivity contribution >= 4 is 33.1 Å². The summed E-state index contributed by atoms with van der Waals surface area (Å²) in [7, 11) is 2.15. The van der Waals surface area contributed by atoms with Gasteiger partial charge in [-0.1, -0.05) is 18.2 Å². The van der Waals surface area contributed by atoms with E-state index in [9.17, 15) is 4.79 Å². The molecule has 0 bridgehead atoms. The first-order chi connectivity index (χ1) is 17.1. The molecule has 0 saturated carbocycles. The number of likely N-dealkylation sites (tertiary alicyclic amines) is 1. The summed E-state index contributed by atoms with van der Waals surface area (Å²) in [6, 6.07) is 19.6. The number of para-hydroxylation sites is 1. The zero-order valence-electron chi connectivity index (χ0n) is 20.2. The molecule has 2 aromatic carbocycles. The van der Waals surface area contributed by atoms with Gasteiger partial charge in [-0.05, 0) is 74.7 Å². The highest BCUT2D eigenvalue weighted by Crippen LogP contribution is 2.27. The Kier molecular flexibility index (Phi) is 7.06. The highest BCUT2D eigenvalue weighted by molar-refractivity contribution is 7.17. The molecule has 2 aromatic heterocycles. The molecule has 0 radical (unpaired) electrons. The van der Waals surface area contributed by atoms with Crippen molar-refractivity contribution in [2.24, 2.45) is 0 Å². The Morgan fingerprint density at radius 3 is 2.60 bits per heavy atom. The van der Waals surface area contributed by atoms with Gasteiger partial charge in [0, 0.05) is 32.3 Å². The van der Waals surface area contributed by atoms with Crippen molar-refractivity contribution < 1.29 is 15.7 Å². The number of carbonyl (C=O) groups excluding carboxylic acids is 1. The summed E-state index contributed by atoms with van der Waals surface area (Å²) in [5, 5.41) is 5.14. The second kappa shape index (κ2) is 10.5. The van der Waals surface area contributed by atoms with E-state index in [0.29, 0.717) is 12.3 Å². The van der Waals surface area contributed by atoms with Gasteiger partial charge in [0.05, 0.1) is 10.2 Å². The topological polar surface area (TPSA) is 55.7 Å². The number of fused-ring (bicyclic) bond motifs is 1. The number of ether oxygens (including phenoxy) is 2. The molecule has 7 heteroatoms. The molecule has 0 spiro atoms. The summed E-state index contributed by atoms with van der Waals surface area (Å²) in [5.74, 6) is 1.53. The Balaban J connectivity index is 0.00000304. The van der Waals surface area contributed by atoms with E-state index in [4.69, 9.17) is 9.47 Å². The number of hydrogen-bond donors (Lipinski definition) is 1. The number of nitrogens with zero attached hydrogens (tertiary/aromatic N) is 2. The standard InChI is InChI=1S/C28H31N3O3S.H2/c1-3-31-25-14-17-35-27(25)18-26(31)28(32)29-24-7-5-4-6-20(24)19-33-21-8-10-22(11-9-21)34-23-12-15-30(2)16-13-23;/h4-11,14,17-18,23H,3,12-13,15-16,19H2,1-2H3,(H,29,32);1H. The lowest BCUT2D eigenvalue weighted by Crippen LogP contribution is -2.35. The van der Waals surface area contributed by atoms with Gasteiger partial charge in [-0.2, -0.15) is 0 Å². The van der Waals surface area contributed by atoms with Gasteiger partial charge in [-0.3, -0.25) is 4.79 Å². The van der Waals surface area contributed by atoms with Crippen LogP contribution in [0.5, 0.6) is 11.5 Å². The molecule has 1 aliphatic heterocycles. The molecular formula is C28H33N3O3S. The monoisotopic (exact) mass is 491 g/mol. The molecule has 1 N–H and O–H groups in total. The van der Waals surface area contributed by atoms with Crippen LogP contribution in [0, 0.1) is 0 Å². The second-order valence-corrected chi connectivity index (χ2v) is 9.88. The van der Waals surface area contributed by atoms with E-state index < -0.39 is 0 Å². The fraction of sp³-hybridized carbons (Fsp3) is 0.321. The lowest BCUT2D eigenvalue weighted by molar-refractivity contribution is 0.101. The van der Waals surface area contributed by atoms with Crippen LogP contribution < -0.4 is 14.8 Å². The zero-order valence-corrected chi connectivity index (χ0v) is 21.0. The number of carbonyl (C=O) groups is 1. The van der Waals surface area contributed by atoms with Gasteiger partial charge >= 0.3 is 0 Å². The third kappa shape index (κ3) is 5.36. The van der Waals surface area contributed by atoms with Crippen LogP contribution in [0.25, 0.3) is 10.2 Å². The van der Waals surface area contributed by atoms with Gasteiger partial charge in [0.15, 0.2) is 0 Å². The van der Waals surface area contributed by atoms with Crippen molar-refractivity contribution in [2.75, 3.05) is 25.5 Å². The third-order valence-electron chi connectivity index (χ3n) is 6.52. The molecule has 0 aliphatic carbocycles. The molecule has 1 saturated heterocycles. The number of aryl methyl sites for hydroxylation is 1. The first-order valence-electron chi connectivity index (χ1n) is 12.1. The number of nitrogens with one attached hydrogen (secondary N) is 1. The van der Waals surface area contributed by atoms with Crippen molar-refractivity contribution in [1.29, 1.82) is 0 Å². The number of anilines is 1. The van der Waals surface area contributed by atoms with Crippen LogP contribution in [-0.2, 0) is 13.2 Å². The normalized spacial score (nSPS) is 14.8. The van der Waals surface area contributed by atoms with Crippen LogP contribution in [0.1, 0.15) is 37.2 Å². The van der Waals surface area contributed by atoms with Crippen LogP contribution >= 0.6 is 11.3 Å². The molecule has 5 rings (SSSR count). The van der Waals surface area contributed by atoms with Gasteiger partial charge in [-0.15, -0.1) is 11.3 Å². The Bertz CT molecular complexity index is 1290. The van der Waals surface area contributed by atoms with Crippen molar-refractivity contribution in [3.63, 3.8) is 0 Å². The summed E-state index contributed by atoms with van der Waals surface area (Å²) in [4.78, 5) is 15.5. The molecule has 184 valence electrons. The highest BCUT2D eigenvalue weighted by atomic mass is 32.1. The van der Waals surface area contributed by atoms with Crippen LogP contribution in [0.15, 0.2) is 66.0 Å². The molecule has 6 nitrogen and oxygen atoms in total. The Hall–Kier alpha value is -3.29. The second-order valence-electron chi connectivity index (χ2n) is 8.94. The average molecular weight is 492 g/mol. The van der Waals surface area contributed by atoms with Crippen molar-refractivity contribution in [1.82, 2.24) is 9.47 Å². The van der Waals surface area contributed by atoms with Crippen molar-refractivity contribution in [3.05, 3.63) is 77.3 Å². The molecule has 0 unspecified atom stereocenters. The molecule has 4 aromatic rings. The number of aromatic nitrogens is 1. The van der Waals surface area contributed by atoms with Crippen molar-refractivity contribution in [2.45, 2.75) is 39.0 Å². The molecule has 1 aliphatic rings. The molecule has 3 heterocycles. The summed E-state index contributed by atoms with van der Waals surface area (Å²) in [6.07, 6.45) is 2.38. The van der Waals surface area contributed by atoms with Crippen molar-refractivity contribution in [3.8, 4) is 11.5 Å². The number of amides is 1. The minimum atomic E-state index is -0.113. The van der Waals surface area contributed by atoms with Gasteiger partial charge < -0.3 is 24.3 Å². The van der Waals surface area contributed by atoms with E-state index in [0.717, 1.165) is 65.4 Å². The summed E-state index contributed by atoms with van der Waals surface area (Å²) in [6.45, 7) is 5.30. The zero-order chi connectivity index (χ0) is 24.2. The van der Waals surface area contributed by atoms with Crippen LogP contribution in [0.2, 0.25) is 0 Å². The Morgan fingerprint density at radius 1 is 1.09 bits per heavy atom. The van der Waals surface area contributed by atoms with Crippen LogP contribution in [0.4, 0.5) is 5.69 Å². The average Bonchev–Trinajstić information content (AvgIpc) is 3.47.